The van der Waals surface area contributed by atoms with Crippen molar-refractivity contribution in [1.29, 1.82) is 0 Å². The van der Waals surface area contributed by atoms with Gasteiger partial charge in [-0.25, -0.2) is 9.18 Å². The minimum atomic E-state index is -0.574. The second-order valence-electron chi connectivity index (χ2n) is 3.54. The van der Waals surface area contributed by atoms with Crippen LogP contribution in [0.1, 0.15) is 23.7 Å². The standard InChI is InChI=1S/C12H15BrFNO3/c1-2-17-4-3-5-18-12(16)8-6-11(15)10(14)7-9(8)13/h6-7H,2-5,15H2,1H3. The summed E-state index contributed by atoms with van der Waals surface area (Å²) in [6.45, 7) is 3.32. The van der Waals surface area contributed by atoms with Crippen LogP contribution in [0, 0.1) is 5.82 Å². The Labute approximate surface area is 113 Å². The highest BCUT2D eigenvalue weighted by Gasteiger charge is 2.14. The van der Waals surface area contributed by atoms with Crippen molar-refractivity contribution in [2.75, 3.05) is 25.6 Å². The fourth-order valence-corrected chi connectivity index (χ4v) is 1.75. The zero-order chi connectivity index (χ0) is 13.5. The Morgan fingerprint density at radius 3 is 2.83 bits per heavy atom. The Balaban J connectivity index is 2.54. The SMILES string of the molecule is CCOCCCOC(=O)c1cc(N)c(F)cc1Br. The molecule has 4 nitrogen and oxygen atoms in total. The van der Waals surface area contributed by atoms with Crippen LogP contribution in [0.15, 0.2) is 16.6 Å². The van der Waals surface area contributed by atoms with Crippen LogP contribution in [0.5, 0.6) is 0 Å². The van der Waals surface area contributed by atoms with Crippen LogP contribution >= 0.6 is 15.9 Å². The van der Waals surface area contributed by atoms with E-state index in [1.54, 1.807) is 0 Å². The highest BCUT2D eigenvalue weighted by atomic mass is 79.9. The molecule has 1 rings (SSSR count). The van der Waals surface area contributed by atoms with Crippen molar-refractivity contribution >= 4 is 27.6 Å². The first kappa shape index (κ1) is 14.9. The Hall–Kier alpha value is -1.14. The van der Waals surface area contributed by atoms with Crippen molar-refractivity contribution in [3.05, 3.63) is 28.0 Å². The van der Waals surface area contributed by atoms with Crippen LogP contribution < -0.4 is 5.73 Å². The van der Waals surface area contributed by atoms with Crippen LogP contribution in [0.3, 0.4) is 0 Å². The Morgan fingerprint density at radius 1 is 1.44 bits per heavy atom. The molecule has 2 N–H and O–H groups in total. The summed E-state index contributed by atoms with van der Waals surface area (Å²) in [6.07, 6.45) is 0.619. The van der Waals surface area contributed by atoms with Crippen molar-refractivity contribution in [3.8, 4) is 0 Å². The summed E-state index contributed by atoms with van der Waals surface area (Å²) in [7, 11) is 0. The number of carbonyl (C=O) groups excluding carboxylic acids is 1. The molecule has 0 aromatic heterocycles. The molecule has 1 aromatic rings. The summed E-state index contributed by atoms with van der Waals surface area (Å²) in [4.78, 5) is 11.7. The molecule has 0 radical (unpaired) electrons. The lowest BCUT2D eigenvalue weighted by molar-refractivity contribution is 0.0451. The molecule has 0 saturated heterocycles. The topological polar surface area (TPSA) is 61.5 Å². The van der Waals surface area contributed by atoms with E-state index in [0.717, 1.165) is 6.07 Å². The van der Waals surface area contributed by atoms with Gasteiger partial charge in [0.25, 0.3) is 0 Å². The molecule has 0 atom stereocenters. The molecule has 0 amide bonds. The number of rotatable bonds is 6. The zero-order valence-corrected chi connectivity index (χ0v) is 11.6. The molecule has 0 unspecified atom stereocenters. The predicted molar refractivity (Wildman–Crippen MR) is 69.9 cm³/mol. The fraction of sp³-hybridized carbons (Fsp3) is 0.417. The summed E-state index contributed by atoms with van der Waals surface area (Å²) in [6, 6.07) is 2.40. The van der Waals surface area contributed by atoms with Gasteiger partial charge in [0, 0.05) is 24.1 Å². The number of nitrogens with two attached hydrogens (primary N) is 1. The number of hydrogen-bond acceptors (Lipinski definition) is 4. The Morgan fingerprint density at radius 2 is 2.17 bits per heavy atom. The minimum Gasteiger partial charge on any atom is -0.462 e. The molecule has 0 bridgehead atoms. The van der Waals surface area contributed by atoms with Crippen molar-refractivity contribution in [1.82, 2.24) is 0 Å². The van der Waals surface area contributed by atoms with Gasteiger partial charge in [-0.2, -0.15) is 0 Å². The molecule has 0 saturated carbocycles. The van der Waals surface area contributed by atoms with Gasteiger partial charge in [-0.15, -0.1) is 0 Å². The number of carbonyl (C=O) groups is 1. The lowest BCUT2D eigenvalue weighted by Gasteiger charge is -2.07. The maximum atomic E-state index is 13.1. The van der Waals surface area contributed by atoms with E-state index >= 15 is 0 Å². The molecular formula is C12H15BrFNO3. The van der Waals surface area contributed by atoms with E-state index in [2.05, 4.69) is 15.9 Å². The first-order valence-corrected chi connectivity index (χ1v) is 6.35. The van der Waals surface area contributed by atoms with E-state index in [4.69, 9.17) is 15.2 Å². The van der Waals surface area contributed by atoms with E-state index in [1.165, 1.54) is 6.07 Å². The van der Waals surface area contributed by atoms with Gasteiger partial charge in [-0.05, 0) is 35.0 Å². The van der Waals surface area contributed by atoms with Gasteiger partial charge in [0.2, 0.25) is 0 Å². The molecule has 0 aliphatic carbocycles. The average Bonchev–Trinajstić information content (AvgIpc) is 2.33. The van der Waals surface area contributed by atoms with Crippen LogP contribution in [0.25, 0.3) is 0 Å². The monoisotopic (exact) mass is 319 g/mol. The number of esters is 1. The maximum absolute atomic E-state index is 13.1. The summed E-state index contributed by atoms with van der Waals surface area (Å²) >= 11 is 3.09. The smallest absolute Gasteiger partial charge is 0.339 e. The van der Waals surface area contributed by atoms with Gasteiger partial charge in [0.05, 0.1) is 17.9 Å². The first-order chi connectivity index (χ1) is 8.56. The third kappa shape index (κ3) is 4.27. The maximum Gasteiger partial charge on any atom is 0.339 e. The van der Waals surface area contributed by atoms with Crippen molar-refractivity contribution < 1.29 is 18.7 Å². The van der Waals surface area contributed by atoms with Crippen LogP contribution in [0.2, 0.25) is 0 Å². The van der Waals surface area contributed by atoms with Crippen LogP contribution in [-0.2, 0) is 9.47 Å². The molecule has 0 aliphatic rings. The summed E-state index contributed by atoms with van der Waals surface area (Å²) in [5.41, 5.74) is 5.53. The summed E-state index contributed by atoms with van der Waals surface area (Å²) in [5.74, 6) is -1.11. The van der Waals surface area contributed by atoms with E-state index < -0.39 is 11.8 Å². The van der Waals surface area contributed by atoms with E-state index in [0.29, 0.717) is 24.1 Å². The second kappa shape index (κ2) is 7.33. The first-order valence-electron chi connectivity index (χ1n) is 5.55. The summed E-state index contributed by atoms with van der Waals surface area (Å²) < 4.78 is 23.5. The highest BCUT2D eigenvalue weighted by Crippen LogP contribution is 2.23. The summed E-state index contributed by atoms with van der Waals surface area (Å²) in [5, 5.41) is 0. The molecule has 0 heterocycles. The number of benzene rings is 1. The normalized spacial score (nSPS) is 10.4. The van der Waals surface area contributed by atoms with Gasteiger partial charge >= 0.3 is 5.97 Å². The van der Waals surface area contributed by atoms with Crippen LogP contribution in [-0.4, -0.2) is 25.8 Å². The average molecular weight is 320 g/mol. The van der Waals surface area contributed by atoms with E-state index in [1.807, 2.05) is 6.92 Å². The van der Waals surface area contributed by atoms with Gasteiger partial charge in [-0.1, -0.05) is 0 Å². The van der Waals surface area contributed by atoms with Gasteiger partial charge in [0.15, 0.2) is 0 Å². The molecular weight excluding hydrogens is 305 g/mol. The van der Waals surface area contributed by atoms with E-state index in [9.17, 15) is 9.18 Å². The quantitative estimate of drug-likeness (QED) is 0.497. The third-order valence-electron chi connectivity index (χ3n) is 2.18. The molecule has 6 heteroatoms. The fourth-order valence-electron chi connectivity index (χ4n) is 1.27. The number of nitrogen functional groups attached to an aromatic ring is 1. The van der Waals surface area contributed by atoms with Gasteiger partial charge in [0.1, 0.15) is 5.82 Å². The number of ether oxygens (including phenoxy) is 2. The third-order valence-corrected chi connectivity index (χ3v) is 2.83. The number of halogens is 2. The minimum absolute atomic E-state index is 0.0838. The predicted octanol–water partition coefficient (Wildman–Crippen LogP) is 2.75. The van der Waals surface area contributed by atoms with Gasteiger partial charge < -0.3 is 15.2 Å². The molecule has 18 heavy (non-hydrogen) atoms. The second-order valence-corrected chi connectivity index (χ2v) is 4.39. The lowest BCUT2D eigenvalue weighted by Crippen LogP contribution is -2.10. The molecule has 1 aromatic carbocycles. The van der Waals surface area contributed by atoms with Crippen molar-refractivity contribution in [2.45, 2.75) is 13.3 Å². The van der Waals surface area contributed by atoms with Gasteiger partial charge in [-0.3, -0.25) is 0 Å². The van der Waals surface area contributed by atoms with Crippen LogP contribution in [0.4, 0.5) is 10.1 Å². The molecule has 0 aliphatic heterocycles. The largest absolute Gasteiger partial charge is 0.462 e. The van der Waals surface area contributed by atoms with Crippen molar-refractivity contribution in [3.63, 3.8) is 0 Å². The lowest BCUT2D eigenvalue weighted by atomic mass is 10.2. The number of anilines is 1. The Kier molecular flexibility index (Phi) is 6.07. The Bertz CT molecular complexity index is 426. The highest BCUT2D eigenvalue weighted by molar-refractivity contribution is 9.10. The molecule has 0 fully saturated rings. The van der Waals surface area contributed by atoms with E-state index in [-0.39, 0.29) is 17.9 Å². The van der Waals surface area contributed by atoms with Crippen molar-refractivity contribution in [2.24, 2.45) is 0 Å². The molecule has 0 spiro atoms. The zero-order valence-electron chi connectivity index (χ0n) is 10.0. The molecule has 100 valence electrons. The number of hydrogen-bond donors (Lipinski definition) is 1.